The summed E-state index contributed by atoms with van der Waals surface area (Å²) in [7, 11) is 0. The summed E-state index contributed by atoms with van der Waals surface area (Å²) in [6.07, 6.45) is -1.98. The molecule has 0 fully saturated rings. The second-order valence-corrected chi connectivity index (χ2v) is 7.77. The number of rotatable bonds is 6. The SMILES string of the molecule is Cc1c(C)c(N(CC(C)C)C(=O)O)c(C)c(C)c1N(CC(C)C)C(=O)O. The highest BCUT2D eigenvalue weighted by Crippen LogP contribution is 2.39. The van der Waals surface area contributed by atoms with E-state index < -0.39 is 12.2 Å². The van der Waals surface area contributed by atoms with Gasteiger partial charge in [0.2, 0.25) is 0 Å². The third-order valence-electron chi connectivity index (χ3n) is 4.64. The Hall–Kier alpha value is -2.24. The molecule has 1 aromatic carbocycles. The van der Waals surface area contributed by atoms with Crippen LogP contribution in [-0.4, -0.2) is 35.5 Å². The molecule has 0 spiro atoms. The van der Waals surface area contributed by atoms with Crippen molar-refractivity contribution in [3.63, 3.8) is 0 Å². The highest BCUT2D eigenvalue weighted by Gasteiger charge is 2.28. The van der Waals surface area contributed by atoms with Crippen LogP contribution in [0.3, 0.4) is 0 Å². The first kappa shape index (κ1) is 21.8. The van der Waals surface area contributed by atoms with E-state index in [0.29, 0.717) is 24.5 Å². The number of hydrogen-bond donors (Lipinski definition) is 2. The zero-order chi connectivity index (χ0) is 20.3. The molecular weight excluding hydrogens is 332 g/mol. The lowest BCUT2D eigenvalue weighted by molar-refractivity contribution is 0.199. The van der Waals surface area contributed by atoms with E-state index in [-0.39, 0.29) is 11.8 Å². The van der Waals surface area contributed by atoms with Gasteiger partial charge in [0.25, 0.3) is 0 Å². The van der Waals surface area contributed by atoms with Gasteiger partial charge in [0.15, 0.2) is 0 Å². The molecule has 0 aliphatic rings. The second kappa shape index (κ2) is 8.43. The summed E-state index contributed by atoms with van der Waals surface area (Å²) in [5.74, 6) is 0.364. The van der Waals surface area contributed by atoms with Gasteiger partial charge >= 0.3 is 12.2 Å². The van der Waals surface area contributed by atoms with Crippen LogP contribution in [0.25, 0.3) is 0 Å². The quantitative estimate of drug-likeness (QED) is 0.727. The van der Waals surface area contributed by atoms with Crippen LogP contribution < -0.4 is 9.80 Å². The van der Waals surface area contributed by atoms with Gasteiger partial charge in [-0.05, 0) is 61.8 Å². The van der Waals surface area contributed by atoms with Gasteiger partial charge < -0.3 is 10.2 Å². The molecule has 0 saturated heterocycles. The summed E-state index contributed by atoms with van der Waals surface area (Å²) in [6, 6.07) is 0. The van der Waals surface area contributed by atoms with Crippen LogP contribution in [0.5, 0.6) is 0 Å². The normalized spacial score (nSPS) is 11.2. The maximum atomic E-state index is 11.9. The molecule has 0 heterocycles. The van der Waals surface area contributed by atoms with E-state index in [2.05, 4.69) is 0 Å². The zero-order valence-corrected chi connectivity index (χ0v) is 17.2. The van der Waals surface area contributed by atoms with Crippen LogP contribution in [0.15, 0.2) is 0 Å². The van der Waals surface area contributed by atoms with Gasteiger partial charge in [-0.2, -0.15) is 0 Å². The molecule has 0 radical (unpaired) electrons. The van der Waals surface area contributed by atoms with Crippen molar-refractivity contribution in [3.05, 3.63) is 22.3 Å². The second-order valence-electron chi connectivity index (χ2n) is 7.77. The van der Waals surface area contributed by atoms with Gasteiger partial charge in [-0.3, -0.25) is 9.80 Å². The Morgan fingerprint density at radius 3 is 1.08 bits per heavy atom. The molecule has 0 saturated carbocycles. The molecule has 0 aliphatic heterocycles. The molecule has 2 N–H and O–H groups in total. The summed E-state index contributed by atoms with van der Waals surface area (Å²) < 4.78 is 0. The van der Waals surface area contributed by atoms with Crippen molar-refractivity contribution < 1.29 is 19.8 Å². The maximum absolute atomic E-state index is 11.9. The number of nitrogens with zero attached hydrogens (tertiary/aromatic N) is 2. The monoisotopic (exact) mass is 364 g/mol. The van der Waals surface area contributed by atoms with Gasteiger partial charge in [-0.25, -0.2) is 9.59 Å². The largest absolute Gasteiger partial charge is 0.465 e. The molecule has 0 aliphatic carbocycles. The molecule has 6 nitrogen and oxygen atoms in total. The summed E-state index contributed by atoms with van der Waals surface area (Å²) in [6.45, 7) is 16.2. The molecule has 1 aromatic rings. The summed E-state index contributed by atoms with van der Waals surface area (Å²) in [5.41, 5.74) is 4.56. The molecule has 0 aromatic heterocycles. The van der Waals surface area contributed by atoms with Crippen molar-refractivity contribution in [2.75, 3.05) is 22.9 Å². The Kier molecular flexibility index (Phi) is 7.07. The van der Waals surface area contributed by atoms with Gasteiger partial charge in [0.05, 0.1) is 11.4 Å². The minimum Gasteiger partial charge on any atom is -0.465 e. The average Bonchev–Trinajstić information content (AvgIpc) is 2.50. The van der Waals surface area contributed by atoms with Crippen LogP contribution in [0, 0.1) is 39.5 Å². The number of hydrogen-bond acceptors (Lipinski definition) is 2. The van der Waals surface area contributed by atoms with Gasteiger partial charge in [0.1, 0.15) is 0 Å². The highest BCUT2D eigenvalue weighted by molar-refractivity contribution is 5.94. The van der Waals surface area contributed by atoms with Crippen molar-refractivity contribution in [2.45, 2.75) is 55.4 Å². The lowest BCUT2D eigenvalue weighted by Gasteiger charge is -2.32. The number of carbonyl (C=O) groups is 2. The predicted octanol–water partition coefficient (Wildman–Crippen LogP) is 5.20. The first-order valence-corrected chi connectivity index (χ1v) is 9.01. The van der Waals surface area contributed by atoms with Crippen molar-refractivity contribution in [2.24, 2.45) is 11.8 Å². The third kappa shape index (κ3) is 4.48. The standard InChI is InChI=1S/C20H32N2O4/c1-11(2)9-21(19(23)24)17-13(5)15(7)18(16(8)14(17)6)22(20(25)26)10-12(3)4/h11-12H,9-10H2,1-8H3,(H,23,24)(H,25,26). The van der Waals surface area contributed by atoms with E-state index in [0.717, 1.165) is 22.3 Å². The lowest BCUT2D eigenvalue weighted by atomic mass is 9.93. The molecule has 2 amide bonds. The zero-order valence-electron chi connectivity index (χ0n) is 17.2. The molecule has 1 rings (SSSR count). The number of anilines is 2. The van der Waals surface area contributed by atoms with Crippen molar-refractivity contribution in [1.82, 2.24) is 0 Å². The van der Waals surface area contributed by atoms with Crippen LogP contribution in [0.1, 0.15) is 49.9 Å². The van der Waals surface area contributed by atoms with E-state index in [9.17, 15) is 19.8 Å². The number of benzene rings is 1. The van der Waals surface area contributed by atoms with E-state index in [1.165, 1.54) is 9.80 Å². The lowest BCUT2D eigenvalue weighted by Crippen LogP contribution is -2.36. The Bertz CT molecular complexity index is 608. The minimum atomic E-state index is -0.992. The van der Waals surface area contributed by atoms with E-state index in [4.69, 9.17) is 0 Å². The van der Waals surface area contributed by atoms with E-state index >= 15 is 0 Å². The third-order valence-corrected chi connectivity index (χ3v) is 4.64. The van der Waals surface area contributed by atoms with Crippen LogP contribution in [-0.2, 0) is 0 Å². The van der Waals surface area contributed by atoms with Gasteiger partial charge in [-0.1, -0.05) is 27.7 Å². The maximum Gasteiger partial charge on any atom is 0.411 e. The molecule has 0 atom stereocenters. The Balaban J connectivity index is 3.68. The first-order chi connectivity index (χ1) is 11.9. The van der Waals surface area contributed by atoms with Crippen molar-refractivity contribution in [3.8, 4) is 0 Å². The smallest absolute Gasteiger partial charge is 0.411 e. The van der Waals surface area contributed by atoms with Crippen LogP contribution >= 0.6 is 0 Å². The number of carboxylic acid groups (broad SMARTS) is 2. The molecule has 26 heavy (non-hydrogen) atoms. The number of amides is 2. The Morgan fingerprint density at radius 1 is 0.692 bits per heavy atom. The fourth-order valence-corrected chi connectivity index (χ4v) is 3.34. The summed E-state index contributed by atoms with van der Waals surface area (Å²) >= 11 is 0. The minimum absolute atomic E-state index is 0.182. The topological polar surface area (TPSA) is 81.1 Å². The van der Waals surface area contributed by atoms with Crippen LogP contribution in [0.4, 0.5) is 21.0 Å². The fourth-order valence-electron chi connectivity index (χ4n) is 3.34. The van der Waals surface area contributed by atoms with E-state index in [1.807, 2.05) is 55.4 Å². The Morgan fingerprint density at radius 2 is 0.923 bits per heavy atom. The van der Waals surface area contributed by atoms with Gasteiger partial charge in [-0.15, -0.1) is 0 Å². The first-order valence-electron chi connectivity index (χ1n) is 9.01. The highest BCUT2D eigenvalue weighted by atomic mass is 16.4. The molecule has 0 unspecified atom stereocenters. The van der Waals surface area contributed by atoms with Crippen molar-refractivity contribution in [1.29, 1.82) is 0 Å². The Labute approximate surface area is 156 Å². The fraction of sp³-hybridized carbons (Fsp3) is 0.600. The summed E-state index contributed by atoms with van der Waals surface area (Å²) in [5, 5.41) is 19.4. The van der Waals surface area contributed by atoms with Gasteiger partial charge in [0, 0.05) is 13.1 Å². The predicted molar refractivity (Wildman–Crippen MR) is 106 cm³/mol. The average molecular weight is 364 g/mol. The van der Waals surface area contributed by atoms with E-state index in [1.54, 1.807) is 0 Å². The molecule has 6 heteroatoms. The van der Waals surface area contributed by atoms with Crippen LogP contribution in [0.2, 0.25) is 0 Å². The summed E-state index contributed by atoms with van der Waals surface area (Å²) in [4.78, 5) is 26.5. The molecule has 146 valence electrons. The van der Waals surface area contributed by atoms with Crippen molar-refractivity contribution >= 4 is 23.6 Å². The molecule has 0 bridgehead atoms. The molecular formula is C20H32N2O4.